The molecule has 0 saturated heterocycles. The first kappa shape index (κ1) is 8.89. The second-order valence-electron chi connectivity index (χ2n) is 2.91. The third-order valence-electron chi connectivity index (χ3n) is 1.92. The van der Waals surface area contributed by atoms with Crippen molar-refractivity contribution in [3.8, 4) is 0 Å². The Kier molecular flexibility index (Phi) is 2.28. The Labute approximate surface area is 80.7 Å². The third-order valence-corrected chi connectivity index (χ3v) is 1.92. The van der Waals surface area contributed by atoms with Crippen LogP contribution in [0.2, 0.25) is 0 Å². The lowest BCUT2D eigenvalue weighted by molar-refractivity contribution is 0.365. The minimum Gasteiger partial charge on any atom is -0.337 e. The first-order chi connectivity index (χ1) is 6.79. The molecule has 0 fully saturated rings. The zero-order valence-corrected chi connectivity index (χ0v) is 7.84. The van der Waals surface area contributed by atoms with E-state index in [-0.39, 0.29) is 0 Å². The monoisotopic (exact) mass is 193 g/mol. The second kappa shape index (κ2) is 3.59. The van der Waals surface area contributed by atoms with Gasteiger partial charge >= 0.3 is 0 Å². The predicted octanol–water partition coefficient (Wildman–Crippen LogP) is 0.0815. The fourth-order valence-corrected chi connectivity index (χ4v) is 1.15. The maximum atomic E-state index is 5.36. The van der Waals surface area contributed by atoms with Gasteiger partial charge < -0.3 is 14.8 Å². The fourth-order valence-electron chi connectivity index (χ4n) is 1.15. The lowest BCUT2D eigenvalue weighted by Gasteiger charge is -1.98. The number of nitrogens with two attached hydrogens (primary N) is 1. The van der Waals surface area contributed by atoms with Crippen LogP contribution in [0, 0.1) is 6.92 Å². The van der Waals surface area contributed by atoms with Gasteiger partial charge in [-0.05, 0) is 6.92 Å². The maximum Gasteiger partial charge on any atom is 0.246 e. The van der Waals surface area contributed by atoms with Crippen LogP contribution in [-0.4, -0.2) is 19.7 Å². The maximum absolute atomic E-state index is 5.36. The number of rotatable bonds is 3. The highest BCUT2D eigenvalue weighted by Gasteiger charge is 2.06. The topological polar surface area (TPSA) is 82.8 Å². The van der Waals surface area contributed by atoms with Gasteiger partial charge in [0.1, 0.15) is 12.4 Å². The summed E-state index contributed by atoms with van der Waals surface area (Å²) in [7, 11) is 0. The number of aromatic nitrogens is 4. The molecule has 0 aliphatic rings. The fraction of sp³-hybridized carbons (Fsp3) is 0.375. The lowest BCUT2D eigenvalue weighted by Crippen LogP contribution is -2.02. The Balaban J connectivity index is 2.15. The average Bonchev–Trinajstić information content (AvgIpc) is 2.77. The molecule has 2 heterocycles. The van der Waals surface area contributed by atoms with Crippen molar-refractivity contribution < 1.29 is 4.52 Å². The average molecular weight is 193 g/mol. The van der Waals surface area contributed by atoms with Crippen LogP contribution in [0.4, 0.5) is 0 Å². The van der Waals surface area contributed by atoms with E-state index in [9.17, 15) is 0 Å². The van der Waals surface area contributed by atoms with Crippen LogP contribution in [0.1, 0.15) is 17.5 Å². The van der Waals surface area contributed by atoms with E-state index in [0.29, 0.717) is 24.8 Å². The first-order valence-corrected chi connectivity index (χ1v) is 4.29. The van der Waals surface area contributed by atoms with Crippen molar-refractivity contribution in [1.82, 2.24) is 19.7 Å². The molecule has 0 amide bonds. The minimum absolute atomic E-state index is 0.298. The van der Waals surface area contributed by atoms with Crippen LogP contribution >= 0.6 is 0 Å². The van der Waals surface area contributed by atoms with E-state index >= 15 is 0 Å². The van der Waals surface area contributed by atoms with Gasteiger partial charge in [0.15, 0.2) is 5.82 Å². The molecule has 2 aromatic rings. The van der Waals surface area contributed by atoms with Crippen LogP contribution in [0.3, 0.4) is 0 Å². The zero-order chi connectivity index (χ0) is 9.97. The summed E-state index contributed by atoms with van der Waals surface area (Å²) >= 11 is 0. The Morgan fingerprint density at radius 1 is 1.57 bits per heavy atom. The third kappa shape index (κ3) is 1.64. The molecule has 14 heavy (non-hydrogen) atoms. The molecule has 2 rings (SSSR count). The predicted molar refractivity (Wildman–Crippen MR) is 48.3 cm³/mol. The summed E-state index contributed by atoms with van der Waals surface area (Å²) in [6.07, 6.45) is 3.59. The number of hydrogen-bond acceptors (Lipinski definition) is 5. The summed E-state index contributed by atoms with van der Waals surface area (Å²) in [6.45, 7) is 2.76. The number of hydrogen-bond donors (Lipinski definition) is 1. The van der Waals surface area contributed by atoms with E-state index in [1.165, 1.54) is 0 Å². The summed E-state index contributed by atoms with van der Waals surface area (Å²) in [5.74, 6) is 1.99. The van der Waals surface area contributed by atoms with Crippen molar-refractivity contribution in [2.45, 2.75) is 20.0 Å². The molecular formula is C8H11N5O. The number of nitrogens with zero attached hydrogens (tertiary/aromatic N) is 4. The molecule has 0 aromatic carbocycles. The van der Waals surface area contributed by atoms with Crippen LogP contribution in [-0.2, 0) is 13.1 Å². The van der Waals surface area contributed by atoms with E-state index in [1.54, 1.807) is 6.20 Å². The first-order valence-electron chi connectivity index (χ1n) is 4.29. The minimum atomic E-state index is 0.298. The van der Waals surface area contributed by atoms with Gasteiger partial charge in [0.05, 0.1) is 6.54 Å². The van der Waals surface area contributed by atoms with Gasteiger partial charge in [0.2, 0.25) is 5.89 Å². The van der Waals surface area contributed by atoms with Gasteiger partial charge in [0.25, 0.3) is 0 Å². The molecular weight excluding hydrogens is 182 g/mol. The molecule has 0 unspecified atom stereocenters. The van der Waals surface area contributed by atoms with Crippen molar-refractivity contribution in [3.63, 3.8) is 0 Å². The van der Waals surface area contributed by atoms with Crippen molar-refractivity contribution in [3.05, 3.63) is 29.9 Å². The molecule has 0 bridgehead atoms. The molecule has 0 atom stereocenters. The summed E-state index contributed by atoms with van der Waals surface area (Å²) in [4.78, 5) is 8.18. The van der Waals surface area contributed by atoms with Gasteiger partial charge in [-0.2, -0.15) is 4.98 Å². The Morgan fingerprint density at radius 2 is 2.43 bits per heavy atom. The summed E-state index contributed by atoms with van der Waals surface area (Å²) in [5.41, 5.74) is 5.36. The van der Waals surface area contributed by atoms with Crippen molar-refractivity contribution in [1.29, 1.82) is 0 Å². The Hall–Kier alpha value is -1.69. The van der Waals surface area contributed by atoms with Crippen LogP contribution < -0.4 is 5.73 Å². The quantitative estimate of drug-likeness (QED) is 0.746. The molecule has 74 valence electrons. The molecule has 0 saturated carbocycles. The van der Waals surface area contributed by atoms with E-state index in [4.69, 9.17) is 10.3 Å². The van der Waals surface area contributed by atoms with Crippen LogP contribution in [0.5, 0.6) is 0 Å². The van der Waals surface area contributed by atoms with E-state index in [0.717, 1.165) is 5.82 Å². The zero-order valence-electron chi connectivity index (χ0n) is 7.84. The molecule has 0 aliphatic heterocycles. The van der Waals surface area contributed by atoms with E-state index < -0.39 is 0 Å². The largest absolute Gasteiger partial charge is 0.337 e. The van der Waals surface area contributed by atoms with Crippen molar-refractivity contribution in [2.24, 2.45) is 5.73 Å². The van der Waals surface area contributed by atoms with Gasteiger partial charge in [-0.3, -0.25) is 0 Å². The normalized spacial score (nSPS) is 10.7. The van der Waals surface area contributed by atoms with E-state index in [1.807, 2.05) is 17.7 Å². The van der Waals surface area contributed by atoms with Gasteiger partial charge in [-0.25, -0.2) is 4.98 Å². The van der Waals surface area contributed by atoms with Gasteiger partial charge in [-0.15, -0.1) is 0 Å². The summed E-state index contributed by atoms with van der Waals surface area (Å²) in [5, 5.41) is 3.70. The molecule has 2 N–H and O–H groups in total. The smallest absolute Gasteiger partial charge is 0.246 e. The summed E-state index contributed by atoms with van der Waals surface area (Å²) in [6, 6.07) is 0. The van der Waals surface area contributed by atoms with Crippen LogP contribution in [0.25, 0.3) is 0 Å². The second-order valence-corrected chi connectivity index (χ2v) is 2.91. The molecule has 0 spiro atoms. The van der Waals surface area contributed by atoms with Crippen LogP contribution in [0.15, 0.2) is 16.9 Å². The van der Waals surface area contributed by atoms with Crippen molar-refractivity contribution >= 4 is 0 Å². The van der Waals surface area contributed by atoms with Gasteiger partial charge in [-0.1, -0.05) is 5.16 Å². The molecule has 0 radical (unpaired) electrons. The molecule has 0 aliphatic carbocycles. The highest BCUT2D eigenvalue weighted by molar-refractivity contribution is 4.93. The molecule has 2 aromatic heterocycles. The van der Waals surface area contributed by atoms with E-state index in [2.05, 4.69) is 15.1 Å². The highest BCUT2D eigenvalue weighted by atomic mass is 16.5. The Morgan fingerprint density at radius 3 is 3.00 bits per heavy atom. The summed E-state index contributed by atoms with van der Waals surface area (Å²) < 4.78 is 6.92. The number of imidazole rings is 1. The lowest BCUT2D eigenvalue weighted by atomic mass is 10.5. The standard InChI is InChI=1S/C8H11N5O/c1-6-10-2-3-13(6)5-8-11-7(4-9)12-14-8/h2-3H,4-5,9H2,1H3. The highest BCUT2D eigenvalue weighted by Crippen LogP contribution is 2.02. The van der Waals surface area contributed by atoms with Gasteiger partial charge in [0, 0.05) is 12.4 Å². The number of aryl methyl sites for hydroxylation is 1. The van der Waals surface area contributed by atoms with Crippen molar-refractivity contribution in [2.75, 3.05) is 0 Å². The SMILES string of the molecule is Cc1nccn1Cc1nc(CN)no1. The molecule has 6 heteroatoms. The Bertz CT molecular complexity index is 419. The molecule has 6 nitrogen and oxygen atoms in total.